The molecule has 0 heterocycles. The molecule has 0 radical (unpaired) electrons. The Morgan fingerprint density at radius 3 is 2.39 bits per heavy atom. The van der Waals surface area contributed by atoms with E-state index in [1.807, 2.05) is 31.2 Å². The van der Waals surface area contributed by atoms with Gasteiger partial charge in [-0.2, -0.15) is 0 Å². The summed E-state index contributed by atoms with van der Waals surface area (Å²) in [6.07, 6.45) is 1.02. The first kappa shape index (κ1) is 14.8. The van der Waals surface area contributed by atoms with Gasteiger partial charge in [-0.1, -0.05) is 12.1 Å². The van der Waals surface area contributed by atoms with E-state index in [4.69, 9.17) is 15.2 Å². The Labute approximate surface area is 110 Å². The number of hydrogen-bond donors (Lipinski definition) is 1. The molecule has 0 unspecified atom stereocenters. The monoisotopic (exact) mass is 252 g/mol. The Bertz CT molecular complexity index is 331. The van der Waals surface area contributed by atoms with E-state index >= 15 is 0 Å². The third kappa shape index (κ3) is 5.38. The molecular formula is C14H24N2O2. The van der Waals surface area contributed by atoms with Gasteiger partial charge in [0, 0.05) is 6.54 Å². The smallest absolute Gasteiger partial charge is 0.161 e. The predicted molar refractivity (Wildman–Crippen MR) is 74.3 cm³/mol. The second-order valence-corrected chi connectivity index (χ2v) is 4.17. The van der Waals surface area contributed by atoms with E-state index in [9.17, 15) is 0 Å². The summed E-state index contributed by atoms with van der Waals surface area (Å²) in [5.41, 5.74) is 5.48. The van der Waals surface area contributed by atoms with Crippen LogP contribution in [0.15, 0.2) is 24.3 Å². The fourth-order valence-corrected chi connectivity index (χ4v) is 1.63. The fraction of sp³-hybridized carbons (Fsp3) is 0.571. The number of para-hydroxylation sites is 2. The fourth-order valence-electron chi connectivity index (χ4n) is 1.63. The highest BCUT2D eigenvalue weighted by molar-refractivity contribution is 5.39. The lowest BCUT2D eigenvalue weighted by atomic mass is 10.3. The first-order valence-electron chi connectivity index (χ1n) is 6.51. The average Bonchev–Trinajstić information content (AvgIpc) is 2.38. The maximum absolute atomic E-state index is 5.74. The molecule has 0 aromatic heterocycles. The quantitative estimate of drug-likeness (QED) is 0.727. The van der Waals surface area contributed by atoms with Crippen LogP contribution < -0.4 is 15.2 Å². The maximum atomic E-state index is 5.74. The van der Waals surface area contributed by atoms with Crippen molar-refractivity contribution in [1.29, 1.82) is 0 Å². The van der Waals surface area contributed by atoms with Crippen molar-refractivity contribution < 1.29 is 9.47 Å². The van der Waals surface area contributed by atoms with E-state index in [2.05, 4.69) is 11.9 Å². The molecule has 1 aromatic rings. The molecule has 1 aromatic carbocycles. The summed E-state index contributed by atoms with van der Waals surface area (Å²) < 4.78 is 11.2. The van der Waals surface area contributed by atoms with E-state index in [0.717, 1.165) is 37.6 Å². The van der Waals surface area contributed by atoms with Crippen LogP contribution in [0.5, 0.6) is 11.5 Å². The molecule has 0 amide bonds. The maximum Gasteiger partial charge on any atom is 0.161 e. The van der Waals surface area contributed by atoms with Crippen molar-refractivity contribution in [3.8, 4) is 11.5 Å². The zero-order chi connectivity index (χ0) is 13.2. The largest absolute Gasteiger partial charge is 0.490 e. The highest BCUT2D eigenvalue weighted by atomic mass is 16.5. The second-order valence-electron chi connectivity index (χ2n) is 4.17. The van der Waals surface area contributed by atoms with Crippen LogP contribution in [-0.2, 0) is 0 Å². The van der Waals surface area contributed by atoms with Crippen molar-refractivity contribution >= 4 is 0 Å². The summed E-state index contributed by atoms with van der Waals surface area (Å²) in [6, 6.07) is 7.77. The van der Waals surface area contributed by atoms with Crippen LogP contribution in [0.3, 0.4) is 0 Å². The molecule has 0 saturated heterocycles. The Balaban J connectivity index is 2.34. The van der Waals surface area contributed by atoms with Crippen LogP contribution in [0.4, 0.5) is 0 Å². The number of rotatable bonds is 9. The summed E-state index contributed by atoms with van der Waals surface area (Å²) in [4.78, 5) is 2.22. The van der Waals surface area contributed by atoms with Crippen LogP contribution in [0.2, 0.25) is 0 Å². The SMILES string of the molecule is CCOc1ccccc1OCCN(C)CCCN. The third-order valence-electron chi connectivity index (χ3n) is 2.62. The number of nitrogens with two attached hydrogens (primary N) is 1. The first-order valence-corrected chi connectivity index (χ1v) is 6.51. The molecule has 2 N–H and O–H groups in total. The summed E-state index contributed by atoms with van der Waals surface area (Å²) in [5.74, 6) is 1.62. The molecule has 1 rings (SSSR count). The van der Waals surface area contributed by atoms with Crippen molar-refractivity contribution in [1.82, 2.24) is 4.90 Å². The molecule has 0 aliphatic rings. The van der Waals surface area contributed by atoms with E-state index in [1.54, 1.807) is 0 Å². The van der Waals surface area contributed by atoms with Crippen LogP contribution in [0.25, 0.3) is 0 Å². The van der Waals surface area contributed by atoms with Crippen molar-refractivity contribution in [2.45, 2.75) is 13.3 Å². The number of ether oxygens (including phenoxy) is 2. The molecule has 0 saturated carbocycles. The van der Waals surface area contributed by atoms with Crippen LogP contribution in [0.1, 0.15) is 13.3 Å². The minimum Gasteiger partial charge on any atom is -0.490 e. The molecule has 102 valence electrons. The van der Waals surface area contributed by atoms with Gasteiger partial charge < -0.3 is 20.1 Å². The number of likely N-dealkylation sites (N-methyl/N-ethyl adjacent to an activating group) is 1. The molecule has 18 heavy (non-hydrogen) atoms. The molecule has 0 spiro atoms. The normalized spacial score (nSPS) is 10.7. The van der Waals surface area contributed by atoms with Gasteiger partial charge in [-0.15, -0.1) is 0 Å². The van der Waals surface area contributed by atoms with Gasteiger partial charge in [0.2, 0.25) is 0 Å². The lowest BCUT2D eigenvalue weighted by Gasteiger charge is -2.17. The lowest BCUT2D eigenvalue weighted by molar-refractivity contribution is 0.225. The van der Waals surface area contributed by atoms with Crippen LogP contribution in [0, 0.1) is 0 Å². The van der Waals surface area contributed by atoms with Gasteiger partial charge in [-0.3, -0.25) is 0 Å². The summed E-state index contributed by atoms with van der Waals surface area (Å²) >= 11 is 0. The highest BCUT2D eigenvalue weighted by Gasteiger charge is 2.04. The van der Waals surface area contributed by atoms with Gasteiger partial charge in [0.25, 0.3) is 0 Å². The molecule has 0 aliphatic heterocycles. The Kier molecular flexibility index (Phi) is 7.22. The number of nitrogens with zero attached hydrogens (tertiary/aromatic N) is 1. The number of hydrogen-bond acceptors (Lipinski definition) is 4. The van der Waals surface area contributed by atoms with Gasteiger partial charge in [0.05, 0.1) is 6.61 Å². The predicted octanol–water partition coefficient (Wildman–Crippen LogP) is 1.74. The van der Waals surface area contributed by atoms with Crippen molar-refractivity contribution in [3.05, 3.63) is 24.3 Å². The van der Waals surface area contributed by atoms with Gasteiger partial charge in [0.15, 0.2) is 11.5 Å². The molecule has 0 fully saturated rings. The van der Waals surface area contributed by atoms with Crippen molar-refractivity contribution in [2.24, 2.45) is 5.73 Å². The Hall–Kier alpha value is -1.26. The standard InChI is InChI=1S/C14H24N2O2/c1-3-17-13-7-4-5-8-14(13)18-12-11-16(2)10-6-9-15/h4-5,7-8H,3,6,9-12,15H2,1-2H3. The van der Waals surface area contributed by atoms with E-state index in [-0.39, 0.29) is 0 Å². The summed E-state index contributed by atoms with van der Waals surface area (Å²) in [5, 5.41) is 0. The zero-order valence-electron chi connectivity index (χ0n) is 11.4. The van der Waals surface area contributed by atoms with Gasteiger partial charge in [-0.25, -0.2) is 0 Å². The zero-order valence-corrected chi connectivity index (χ0v) is 11.4. The van der Waals surface area contributed by atoms with E-state index < -0.39 is 0 Å². The average molecular weight is 252 g/mol. The summed E-state index contributed by atoms with van der Waals surface area (Å²) in [6.45, 7) is 5.91. The minimum absolute atomic E-state index is 0.650. The third-order valence-corrected chi connectivity index (χ3v) is 2.62. The van der Waals surface area contributed by atoms with Crippen LogP contribution >= 0.6 is 0 Å². The molecular weight excluding hydrogens is 228 g/mol. The van der Waals surface area contributed by atoms with E-state index in [1.165, 1.54) is 0 Å². The molecule has 4 nitrogen and oxygen atoms in total. The first-order chi connectivity index (χ1) is 8.77. The topological polar surface area (TPSA) is 47.7 Å². The Morgan fingerprint density at radius 2 is 1.78 bits per heavy atom. The van der Waals surface area contributed by atoms with E-state index in [0.29, 0.717) is 13.2 Å². The second kappa shape index (κ2) is 8.78. The summed E-state index contributed by atoms with van der Waals surface area (Å²) in [7, 11) is 2.08. The Morgan fingerprint density at radius 1 is 1.11 bits per heavy atom. The molecule has 0 atom stereocenters. The lowest BCUT2D eigenvalue weighted by Crippen LogP contribution is -2.26. The van der Waals surface area contributed by atoms with Crippen LogP contribution in [-0.4, -0.2) is 44.8 Å². The van der Waals surface area contributed by atoms with Crippen molar-refractivity contribution in [2.75, 3.05) is 39.9 Å². The molecule has 0 bridgehead atoms. The highest BCUT2D eigenvalue weighted by Crippen LogP contribution is 2.26. The van der Waals surface area contributed by atoms with Crippen molar-refractivity contribution in [3.63, 3.8) is 0 Å². The molecule has 4 heteroatoms. The number of benzene rings is 1. The van der Waals surface area contributed by atoms with Gasteiger partial charge in [-0.05, 0) is 45.6 Å². The molecule has 0 aliphatic carbocycles. The van der Waals surface area contributed by atoms with Gasteiger partial charge >= 0.3 is 0 Å². The van der Waals surface area contributed by atoms with Gasteiger partial charge in [0.1, 0.15) is 6.61 Å². The minimum atomic E-state index is 0.650.